The van der Waals surface area contributed by atoms with Gasteiger partial charge in [0.1, 0.15) is 18.0 Å². The van der Waals surface area contributed by atoms with Crippen LogP contribution in [0.3, 0.4) is 0 Å². The van der Waals surface area contributed by atoms with Crippen LogP contribution in [0.2, 0.25) is 0 Å². The number of hydrogen-bond acceptors (Lipinski definition) is 7. The van der Waals surface area contributed by atoms with Gasteiger partial charge in [0.05, 0.1) is 12.2 Å². The van der Waals surface area contributed by atoms with E-state index in [9.17, 15) is 19.2 Å². The quantitative estimate of drug-likeness (QED) is 0.376. The number of nitrogens with one attached hydrogen (secondary N) is 3. The van der Waals surface area contributed by atoms with Gasteiger partial charge in [0.25, 0.3) is 5.91 Å². The van der Waals surface area contributed by atoms with E-state index in [2.05, 4.69) is 33.1 Å². The zero-order valence-electron chi connectivity index (χ0n) is 18.7. The molecule has 0 spiro atoms. The zero-order chi connectivity index (χ0) is 24.9. The van der Waals surface area contributed by atoms with Gasteiger partial charge in [-0.05, 0) is 29.2 Å². The summed E-state index contributed by atoms with van der Waals surface area (Å²) in [4.78, 5) is 51.3. The van der Waals surface area contributed by atoms with E-state index in [-0.39, 0.29) is 22.5 Å². The second-order valence-electron chi connectivity index (χ2n) is 7.74. The van der Waals surface area contributed by atoms with Crippen molar-refractivity contribution < 1.29 is 29.0 Å². The summed E-state index contributed by atoms with van der Waals surface area (Å²) in [6.07, 6.45) is -0.694. The summed E-state index contributed by atoms with van der Waals surface area (Å²) in [6.45, 7) is 0.808. The minimum absolute atomic E-state index is 0.0835. The van der Waals surface area contributed by atoms with E-state index >= 15 is 0 Å². The Labute approximate surface area is 204 Å². The third-order valence-corrected chi connectivity index (χ3v) is 6.47. The predicted molar refractivity (Wildman–Crippen MR) is 129 cm³/mol. The van der Waals surface area contributed by atoms with E-state index in [1.807, 2.05) is 36.4 Å². The molecule has 2 aromatic carbocycles. The number of aromatic nitrogens is 1. The first-order valence-corrected chi connectivity index (χ1v) is 11.5. The number of benzene rings is 2. The smallest absolute Gasteiger partial charge is 0.413 e. The Morgan fingerprint density at radius 3 is 2.23 bits per heavy atom. The van der Waals surface area contributed by atoms with Gasteiger partial charge in [0.2, 0.25) is 5.91 Å². The van der Waals surface area contributed by atoms with Gasteiger partial charge in [-0.15, -0.1) is 0 Å². The molecule has 10 nitrogen and oxygen atoms in total. The number of amides is 3. The normalized spacial score (nSPS) is 11.8. The van der Waals surface area contributed by atoms with E-state index in [4.69, 9.17) is 9.84 Å². The van der Waals surface area contributed by atoms with Gasteiger partial charge in [0, 0.05) is 5.92 Å². The highest BCUT2D eigenvalue weighted by atomic mass is 32.1. The molecule has 0 fully saturated rings. The van der Waals surface area contributed by atoms with Gasteiger partial charge in [-0.1, -0.05) is 59.9 Å². The average molecular weight is 495 g/mol. The summed E-state index contributed by atoms with van der Waals surface area (Å²) in [7, 11) is 0. The third-order valence-electron chi connectivity index (χ3n) is 5.40. The summed E-state index contributed by atoms with van der Waals surface area (Å²) < 4.78 is 5.49. The lowest BCUT2D eigenvalue weighted by molar-refractivity contribution is -0.137. The molecule has 1 aliphatic rings. The van der Waals surface area contributed by atoms with Gasteiger partial charge in [0.15, 0.2) is 5.13 Å². The standard InChI is InChI=1S/C24H22N4O6S/c1-13-21(22(32)26-10-19(29)25-11-20(30)31)35-23(27-13)28-24(33)34-12-18-16-8-4-2-6-14(16)15-7-3-5-9-17(15)18/h2-9,18H,10-12H2,1H3,(H,25,29)(H,26,32)(H,30,31)(H,27,28,33). The fourth-order valence-electron chi connectivity index (χ4n) is 3.86. The molecular formula is C24H22N4O6S. The summed E-state index contributed by atoms with van der Waals surface area (Å²) in [6, 6.07) is 16.0. The Balaban J connectivity index is 1.33. The Bertz CT molecular complexity index is 1260. The maximum atomic E-state index is 12.5. The molecule has 0 aliphatic heterocycles. The summed E-state index contributed by atoms with van der Waals surface area (Å²) in [5.74, 6) is -2.47. The van der Waals surface area contributed by atoms with Crippen molar-refractivity contribution in [3.8, 4) is 11.1 Å². The highest BCUT2D eigenvalue weighted by molar-refractivity contribution is 7.17. The first kappa shape index (κ1) is 23.9. The van der Waals surface area contributed by atoms with Crippen molar-refractivity contribution in [1.29, 1.82) is 0 Å². The molecule has 3 aromatic rings. The molecule has 1 aliphatic carbocycles. The number of carboxylic acid groups (broad SMARTS) is 1. The second-order valence-corrected chi connectivity index (χ2v) is 8.74. The van der Waals surface area contributed by atoms with Crippen molar-refractivity contribution in [2.45, 2.75) is 12.8 Å². The number of carbonyl (C=O) groups excluding carboxylic acids is 3. The van der Waals surface area contributed by atoms with Crippen LogP contribution in [-0.4, -0.2) is 53.7 Å². The fourth-order valence-corrected chi connectivity index (χ4v) is 4.73. The minimum Gasteiger partial charge on any atom is -0.480 e. The van der Waals surface area contributed by atoms with Crippen molar-refractivity contribution in [1.82, 2.24) is 15.6 Å². The first-order valence-electron chi connectivity index (χ1n) is 10.7. The molecule has 1 aromatic heterocycles. The van der Waals surface area contributed by atoms with Gasteiger partial charge in [-0.2, -0.15) is 0 Å². The first-order chi connectivity index (χ1) is 16.8. The van der Waals surface area contributed by atoms with Crippen molar-refractivity contribution in [3.05, 3.63) is 70.2 Å². The molecule has 1 heterocycles. The number of carbonyl (C=O) groups is 4. The monoisotopic (exact) mass is 494 g/mol. The third kappa shape index (κ3) is 5.46. The number of nitrogens with zero attached hydrogens (tertiary/aromatic N) is 1. The maximum Gasteiger partial charge on any atom is 0.413 e. The van der Waals surface area contributed by atoms with E-state index in [1.54, 1.807) is 6.92 Å². The molecule has 0 atom stereocenters. The molecule has 0 bridgehead atoms. The topological polar surface area (TPSA) is 147 Å². The lowest BCUT2D eigenvalue weighted by atomic mass is 9.98. The summed E-state index contributed by atoms with van der Waals surface area (Å²) in [5.41, 5.74) is 4.81. The van der Waals surface area contributed by atoms with Crippen LogP contribution in [0, 0.1) is 6.92 Å². The van der Waals surface area contributed by atoms with Crippen LogP contribution in [0.15, 0.2) is 48.5 Å². The Kier molecular flexibility index (Phi) is 7.06. The van der Waals surface area contributed by atoms with E-state index in [0.29, 0.717) is 5.69 Å². The lowest BCUT2D eigenvalue weighted by Crippen LogP contribution is -2.38. The minimum atomic E-state index is -1.19. The van der Waals surface area contributed by atoms with E-state index < -0.39 is 37.0 Å². The zero-order valence-corrected chi connectivity index (χ0v) is 19.5. The van der Waals surface area contributed by atoms with Crippen molar-refractivity contribution >= 4 is 40.3 Å². The van der Waals surface area contributed by atoms with Gasteiger partial charge >= 0.3 is 12.1 Å². The van der Waals surface area contributed by atoms with Crippen LogP contribution in [0.4, 0.5) is 9.93 Å². The highest BCUT2D eigenvalue weighted by Gasteiger charge is 2.29. The number of hydrogen-bond donors (Lipinski definition) is 4. The van der Waals surface area contributed by atoms with Crippen LogP contribution < -0.4 is 16.0 Å². The maximum absolute atomic E-state index is 12.5. The van der Waals surface area contributed by atoms with Gasteiger partial charge < -0.3 is 20.5 Å². The number of carboxylic acids is 1. The van der Waals surface area contributed by atoms with Crippen molar-refractivity contribution in [2.24, 2.45) is 0 Å². The Morgan fingerprint density at radius 2 is 1.60 bits per heavy atom. The second kappa shape index (κ2) is 10.3. The Hall–Kier alpha value is -4.25. The van der Waals surface area contributed by atoms with Crippen LogP contribution in [0.1, 0.15) is 32.4 Å². The fraction of sp³-hybridized carbons (Fsp3) is 0.208. The number of fused-ring (bicyclic) bond motifs is 3. The molecule has 180 valence electrons. The number of anilines is 1. The van der Waals surface area contributed by atoms with E-state index in [1.165, 1.54) is 0 Å². The molecule has 11 heteroatoms. The van der Waals surface area contributed by atoms with Crippen LogP contribution in [0.5, 0.6) is 0 Å². The molecule has 0 saturated carbocycles. The molecule has 0 saturated heterocycles. The van der Waals surface area contributed by atoms with Gasteiger partial charge in [-0.3, -0.25) is 19.7 Å². The number of aryl methyl sites for hydroxylation is 1. The van der Waals surface area contributed by atoms with Crippen molar-refractivity contribution in [2.75, 3.05) is 25.0 Å². The molecule has 0 radical (unpaired) electrons. The molecule has 0 unspecified atom stereocenters. The molecule has 35 heavy (non-hydrogen) atoms. The van der Waals surface area contributed by atoms with Gasteiger partial charge in [-0.25, -0.2) is 9.78 Å². The highest BCUT2D eigenvalue weighted by Crippen LogP contribution is 2.44. The number of thiazole rings is 1. The molecule has 4 N–H and O–H groups in total. The summed E-state index contributed by atoms with van der Waals surface area (Å²) in [5, 5.41) is 15.8. The molecule has 3 amide bonds. The molecular weight excluding hydrogens is 472 g/mol. The van der Waals surface area contributed by atoms with Crippen LogP contribution in [-0.2, 0) is 14.3 Å². The predicted octanol–water partition coefficient (Wildman–Crippen LogP) is 2.74. The summed E-state index contributed by atoms with van der Waals surface area (Å²) >= 11 is 0.940. The lowest BCUT2D eigenvalue weighted by Gasteiger charge is -2.14. The SMILES string of the molecule is Cc1nc(NC(=O)OCC2c3ccccc3-c3ccccc32)sc1C(=O)NCC(=O)NCC(=O)O. The average Bonchev–Trinajstić information content (AvgIpc) is 3.37. The Morgan fingerprint density at radius 1 is 0.971 bits per heavy atom. The van der Waals surface area contributed by atoms with Crippen molar-refractivity contribution in [3.63, 3.8) is 0 Å². The number of ether oxygens (including phenoxy) is 1. The van der Waals surface area contributed by atoms with E-state index in [0.717, 1.165) is 33.6 Å². The van der Waals surface area contributed by atoms with Crippen LogP contribution in [0.25, 0.3) is 11.1 Å². The van der Waals surface area contributed by atoms with Crippen LogP contribution >= 0.6 is 11.3 Å². The largest absolute Gasteiger partial charge is 0.480 e. The number of rotatable bonds is 8. The number of aliphatic carboxylic acids is 1. The molecule has 4 rings (SSSR count).